The molecule has 0 heterocycles. The van der Waals surface area contributed by atoms with E-state index >= 15 is 0 Å². The van der Waals surface area contributed by atoms with Gasteiger partial charge in [0.15, 0.2) is 0 Å². The fraction of sp³-hybridized carbons (Fsp3) is 0.188. The number of nitrogens with one attached hydrogen (secondary N) is 1. The lowest BCUT2D eigenvalue weighted by Gasteiger charge is -2.07. The molecule has 1 amide bonds. The fourth-order valence-electron chi connectivity index (χ4n) is 1.90. The van der Waals surface area contributed by atoms with E-state index in [-0.39, 0.29) is 23.0 Å². The maximum Gasteiger partial charge on any atom is 0.251 e. The molecule has 0 spiro atoms. The summed E-state index contributed by atoms with van der Waals surface area (Å²) in [4.78, 5) is 11.9. The van der Waals surface area contributed by atoms with Crippen molar-refractivity contribution in [2.45, 2.75) is 19.9 Å². The molecule has 2 aromatic rings. The molecular weight excluding hydrogens is 254 g/mol. The van der Waals surface area contributed by atoms with E-state index in [0.29, 0.717) is 6.54 Å². The van der Waals surface area contributed by atoms with Crippen molar-refractivity contribution in [3.8, 4) is 11.5 Å². The summed E-state index contributed by atoms with van der Waals surface area (Å²) in [6, 6.07) is 11.8. The van der Waals surface area contributed by atoms with E-state index in [1.165, 1.54) is 23.8 Å². The second-order valence-electron chi connectivity index (χ2n) is 4.59. The molecular formula is C16H17NO3. The zero-order valence-corrected chi connectivity index (χ0v) is 11.3. The minimum absolute atomic E-state index is 0.137. The number of aryl methyl sites for hydroxylation is 1. The van der Waals surface area contributed by atoms with Gasteiger partial charge in [-0.1, -0.05) is 31.2 Å². The summed E-state index contributed by atoms with van der Waals surface area (Å²) in [6.07, 6.45) is 0.981. The number of aromatic hydroxyl groups is 2. The van der Waals surface area contributed by atoms with Crippen LogP contribution in [0, 0.1) is 0 Å². The predicted octanol–water partition coefficient (Wildman–Crippen LogP) is 2.59. The lowest BCUT2D eigenvalue weighted by Crippen LogP contribution is -2.22. The van der Waals surface area contributed by atoms with Gasteiger partial charge in [-0.05, 0) is 29.7 Å². The van der Waals surface area contributed by atoms with Gasteiger partial charge in [0.25, 0.3) is 5.91 Å². The van der Waals surface area contributed by atoms with E-state index in [9.17, 15) is 15.0 Å². The molecule has 0 atom stereocenters. The van der Waals surface area contributed by atoms with Crippen LogP contribution in [0.15, 0.2) is 42.5 Å². The molecule has 0 fully saturated rings. The van der Waals surface area contributed by atoms with Crippen LogP contribution in [0.1, 0.15) is 28.4 Å². The van der Waals surface area contributed by atoms with Gasteiger partial charge < -0.3 is 15.5 Å². The van der Waals surface area contributed by atoms with Crippen LogP contribution in [0.2, 0.25) is 0 Å². The first-order valence-electron chi connectivity index (χ1n) is 6.47. The van der Waals surface area contributed by atoms with Crippen LogP contribution in [0.3, 0.4) is 0 Å². The minimum atomic E-state index is -0.337. The highest BCUT2D eigenvalue weighted by atomic mass is 16.3. The molecule has 2 rings (SSSR count). The normalized spacial score (nSPS) is 10.2. The summed E-state index contributed by atoms with van der Waals surface area (Å²) in [6.45, 7) is 2.49. The number of amides is 1. The lowest BCUT2D eigenvalue weighted by molar-refractivity contribution is 0.0950. The first kappa shape index (κ1) is 13.9. The smallest absolute Gasteiger partial charge is 0.251 e. The van der Waals surface area contributed by atoms with Crippen LogP contribution < -0.4 is 5.32 Å². The largest absolute Gasteiger partial charge is 0.508 e. The highest BCUT2D eigenvalue weighted by Crippen LogP contribution is 2.20. The van der Waals surface area contributed by atoms with Gasteiger partial charge in [-0.25, -0.2) is 0 Å². The van der Waals surface area contributed by atoms with E-state index in [1.54, 1.807) is 0 Å². The molecule has 4 nitrogen and oxygen atoms in total. The van der Waals surface area contributed by atoms with Gasteiger partial charge in [-0.3, -0.25) is 4.79 Å². The summed E-state index contributed by atoms with van der Waals surface area (Å²) in [5.74, 6) is -0.610. The number of carbonyl (C=O) groups is 1. The van der Waals surface area contributed by atoms with Gasteiger partial charge in [0, 0.05) is 18.2 Å². The predicted molar refractivity (Wildman–Crippen MR) is 76.8 cm³/mol. The van der Waals surface area contributed by atoms with E-state index in [4.69, 9.17) is 0 Å². The van der Waals surface area contributed by atoms with Crippen molar-refractivity contribution in [1.29, 1.82) is 0 Å². The Kier molecular flexibility index (Phi) is 4.25. The molecule has 20 heavy (non-hydrogen) atoms. The van der Waals surface area contributed by atoms with Crippen molar-refractivity contribution in [3.63, 3.8) is 0 Å². The Morgan fingerprint density at radius 1 is 1.00 bits per heavy atom. The molecule has 0 aliphatic rings. The average Bonchev–Trinajstić information content (AvgIpc) is 2.44. The lowest BCUT2D eigenvalue weighted by atomic mass is 10.1. The Balaban J connectivity index is 2.00. The Morgan fingerprint density at radius 3 is 2.10 bits per heavy atom. The monoisotopic (exact) mass is 271 g/mol. The van der Waals surface area contributed by atoms with Gasteiger partial charge in [-0.15, -0.1) is 0 Å². The highest BCUT2D eigenvalue weighted by Gasteiger charge is 2.08. The van der Waals surface area contributed by atoms with Gasteiger partial charge >= 0.3 is 0 Å². The summed E-state index contributed by atoms with van der Waals surface area (Å²) in [5.41, 5.74) is 2.48. The number of benzene rings is 2. The zero-order valence-electron chi connectivity index (χ0n) is 11.3. The first-order chi connectivity index (χ1) is 9.58. The Bertz CT molecular complexity index is 585. The third-order valence-electron chi connectivity index (χ3n) is 3.05. The van der Waals surface area contributed by atoms with Crippen LogP contribution in [0.25, 0.3) is 0 Å². The number of phenols is 2. The number of hydrogen-bond acceptors (Lipinski definition) is 3. The zero-order chi connectivity index (χ0) is 14.5. The van der Waals surface area contributed by atoms with Crippen molar-refractivity contribution in [3.05, 3.63) is 59.2 Å². The molecule has 104 valence electrons. The van der Waals surface area contributed by atoms with Crippen LogP contribution in [0.4, 0.5) is 0 Å². The Morgan fingerprint density at radius 2 is 1.55 bits per heavy atom. The van der Waals surface area contributed by atoms with Crippen molar-refractivity contribution in [2.24, 2.45) is 0 Å². The second kappa shape index (κ2) is 6.10. The third kappa shape index (κ3) is 3.51. The van der Waals surface area contributed by atoms with Crippen molar-refractivity contribution >= 4 is 5.91 Å². The first-order valence-corrected chi connectivity index (χ1v) is 6.47. The number of carbonyl (C=O) groups excluding carboxylic acids is 1. The van der Waals surface area contributed by atoms with E-state index in [2.05, 4.69) is 12.2 Å². The molecule has 0 aromatic heterocycles. The van der Waals surface area contributed by atoms with Crippen LogP contribution in [0.5, 0.6) is 11.5 Å². The van der Waals surface area contributed by atoms with Crippen molar-refractivity contribution in [2.75, 3.05) is 0 Å². The SMILES string of the molecule is CCc1ccc(CNC(=O)c2cc(O)cc(O)c2)cc1. The minimum Gasteiger partial charge on any atom is -0.508 e. The quantitative estimate of drug-likeness (QED) is 0.800. The van der Waals surface area contributed by atoms with E-state index in [0.717, 1.165) is 12.0 Å². The van der Waals surface area contributed by atoms with Gasteiger partial charge in [0.05, 0.1) is 0 Å². The highest BCUT2D eigenvalue weighted by molar-refractivity contribution is 5.94. The average molecular weight is 271 g/mol. The van der Waals surface area contributed by atoms with E-state index in [1.807, 2.05) is 24.3 Å². The molecule has 0 radical (unpaired) electrons. The van der Waals surface area contributed by atoms with Crippen LogP contribution in [-0.2, 0) is 13.0 Å². The molecule has 2 aromatic carbocycles. The number of phenolic OH excluding ortho intramolecular Hbond substituents is 2. The van der Waals surface area contributed by atoms with Gasteiger partial charge in [0.2, 0.25) is 0 Å². The molecule has 0 unspecified atom stereocenters. The maximum atomic E-state index is 11.9. The Labute approximate surface area is 117 Å². The summed E-state index contributed by atoms with van der Waals surface area (Å²) >= 11 is 0. The number of hydrogen-bond donors (Lipinski definition) is 3. The molecule has 0 saturated heterocycles. The number of rotatable bonds is 4. The van der Waals surface area contributed by atoms with Crippen molar-refractivity contribution in [1.82, 2.24) is 5.32 Å². The van der Waals surface area contributed by atoms with Crippen molar-refractivity contribution < 1.29 is 15.0 Å². The van der Waals surface area contributed by atoms with Gasteiger partial charge in [-0.2, -0.15) is 0 Å². The topological polar surface area (TPSA) is 69.6 Å². The fourth-order valence-corrected chi connectivity index (χ4v) is 1.90. The summed E-state index contributed by atoms with van der Waals surface area (Å²) in [7, 11) is 0. The molecule has 0 bridgehead atoms. The second-order valence-corrected chi connectivity index (χ2v) is 4.59. The van der Waals surface area contributed by atoms with Crippen LogP contribution in [-0.4, -0.2) is 16.1 Å². The molecule has 4 heteroatoms. The molecule has 0 aliphatic carbocycles. The molecule has 0 saturated carbocycles. The Hall–Kier alpha value is -2.49. The summed E-state index contributed by atoms with van der Waals surface area (Å²) < 4.78 is 0. The van der Waals surface area contributed by atoms with E-state index < -0.39 is 0 Å². The van der Waals surface area contributed by atoms with Crippen LogP contribution >= 0.6 is 0 Å². The summed E-state index contributed by atoms with van der Waals surface area (Å²) in [5, 5.41) is 21.4. The third-order valence-corrected chi connectivity index (χ3v) is 3.05. The maximum absolute atomic E-state index is 11.9. The molecule has 3 N–H and O–H groups in total. The standard InChI is InChI=1S/C16H17NO3/c1-2-11-3-5-12(6-4-11)10-17-16(20)13-7-14(18)9-15(19)8-13/h3-9,18-19H,2,10H2,1H3,(H,17,20). The molecule has 0 aliphatic heterocycles. The van der Waals surface area contributed by atoms with Gasteiger partial charge in [0.1, 0.15) is 11.5 Å².